The van der Waals surface area contributed by atoms with Crippen molar-refractivity contribution in [2.24, 2.45) is 0 Å². The Hall–Kier alpha value is -3.76. The van der Waals surface area contributed by atoms with Crippen LogP contribution in [0.5, 0.6) is 5.75 Å². The number of aliphatic hydroxyl groups excluding tert-OH is 1. The summed E-state index contributed by atoms with van der Waals surface area (Å²) in [6, 6.07) is 13.9. The third kappa shape index (κ3) is 4.15. The summed E-state index contributed by atoms with van der Waals surface area (Å²) in [5, 5.41) is 18.8. The number of nitrogens with zero attached hydrogens (tertiary/aromatic N) is 4. The molecule has 1 aromatic heterocycles. The van der Waals surface area contributed by atoms with Gasteiger partial charge in [0.05, 0.1) is 42.1 Å². The molecule has 0 bridgehead atoms. The number of fused-ring (bicyclic) bond motifs is 2. The number of nitriles is 1. The maximum Gasteiger partial charge on any atom is 0.223 e. The maximum absolute atomic E-state index is 12.5. The lowest BCUT2D eigenvalue weighted by Crippen LogP contribution is -2.32. The van der Waals surface area contributed by atoms with Crippen LogP contribution in [0.25, 0.3) is 22.5 Å². The van der Waals surface area contributed by atoms with Crippen LogP contribution in [-0.4, -0.2) is 51.7 Å². The van der Waals surface area contributed by atoms with Crippen LogP contribution in [0.15, 0.2) is 48.8 Å². The lowest BCUT2D eigenvalue weighted by molar-refractivity contribution is -0.128. The number of benzene rings is 2. The van der Waals surface area contributed by atoms with Crippen molar-refractivity contribution in [3.05, 3.63) is 65.5 Å². The fourth-order valence-electron chi connectivity index (χ4n) is 5.42. The minimum absolute atomic E-state index is 0.0139. The molecule has 1 unspecified atom stereocenters. The smallest absolute Gasteiger partial charge is 0.223 e. The van der Waals surface area contributed by atoms with E-state index in [2.05, 4.69) is 23.2 Å². The number of amides is 1. The lowest BCUT2D eigenvalue weighted by Gasteiger charge is -2.25. The summed E-state index contributed by atoms with van der Waals surface area (Å²) in [4.78, 5) is 23.7. The van der Waals surface area contributed by atoms with Gasteiger partial charge in [-0.1, -0.05) is 18.2 Å². The van der Waals surface area contributed by atoms with Crippen LogP contribution in [0.3, 0.4) is 0 Å². The zero-order chi connectivity index (χ0) is 24.6. The van der Waals surface area contributed by atoms with E-state index < -0.39 is 0 Å². The highest BCUT2D eigenvalue weighted by Gasteiger charge is 2.48. The number of rotatable bonds is 6. The Balaban J connectivity index is 1.43. The number of hydrogen-bond acceptors (Lipinski definition) is 6. The van der Waals surface area contributed by atoms with E-state index in [1.807, 2.05) is 26.0 Å². The van der Waals surface area contributed by atoms with Gasteiger partial charge in [-0.05, 0) is 56.0 Å². The molecule has 1 N–H and O–H groups in total. The monoisotopic (exact) mass is 468 g/mol. The molecule has 0 saturated carbocycles. The Bertz CT molecular complexity index is 1310. The molecule has 0 radical (unpaired) electrons. The van der Waals surface area contributed by atoms with Gasteiger partial charge < -0.3 is 14.7 Å². The van der Waals surface area contributed by atoms with Gasteiger partial charge in [-0.15, -0.1) is 0 Å². The molecule has 2 heterocycles. The van der Waals surface area contributed by atoms with E-state index in [0.29, 0.717) is 36.5 Å². The predicted octanol–water partition coefficient (Wildman–Crippen LogP) is 3.88. The average molecular weight is 469 g/mol. The quantitative estimate of drug-likeness (QED) is 0.589. The van der Waals surface area contributed by atoms with Crippen molar-refractivity contribution in [2.45, 2.75) is 44.6 Å². The number of carbonyl (C=O) groups is 1. The zero-order valence-corrected chi connectivity index (χ0v) is 20.0. The minimum Gasteiger partial charge on any atom is -0.490 e. The fraction of sp³-hybridized carbons (Fsp3) is 0.357. The van der Waals surface area contributed by atoms with Crippen molar-refractivity contribution in [3.8, 4) is 34.3 Å². The Morgan fingerprint density at radius 3 is 2.71 bits per heavy atom. The van der Waals surface area contributed by atoms with Crippen molar-refractivity contribution < 1.29 is 14.6 Å². The maximum atomic E-state index is 12.5. The highest BCUT2D eigenvalue weighted by Crippen LogP contribution is 2.48. The van der Waals surface area contributed by atoms with Gasteiger partial charge in [0.15, 0.2) is 0 Å². The first-order chi connectivity index (χ1) is 16.9. The number of hydrogen-bond donors (Lipinski definition) is 1. The molecule has 1 aliphatic heterocycles. The Kier molecular flexibility index (Phi) is 6.00. The van der Waals surface area contributed by atoms with Crippen molar-refractivity contribution in [2.75, 3.05) is 19.7 Å². The zero-order valence-electron chi connectivity index (χ0n) is 20.0. The van der Waals surface area contributed by atoms with Gasteiger partial charge in [0.25, 0.3) is 0 Å². The molecule has 1 saturated heterocycles. The molecular formula is C28H28N4O3. The molecule has 178 valence electrons. The van der Waals surface area contributed by atoms with Crippen molar-refractivity contribution >= 4 is 5.91 Å². The first-order valence-electron chi connectivity index (χ1n) is 12.0. The number of ether oxygens (including phenoxy) is 1. The molecule has 2 aromatic carbocycles. The summed E-state index contributed by atoms with van der Waals surface area (Å²) in [6.45, 7) is 4.89. The largest absolute Gasteiger partial charge is 0.490 e. The van der Waals surface area contributed by atoms with E-state index in [0.717, 1.165) is 29.7 Å². The molecule has 3 aromatic rings. The fourth-order valence-corrected chi connectivity index (χ4v) is 5.42. The van der Waals surface area contributed by atoms with Crippen LogP contribution in [0, 0.1) is 11.3 Å². The van der Waals surface area contributed by atoms with Gasteiger partial charge in [0, 0.05) is 36.1 Å². The molecule has 7 heteroatoms. The highest BCUT2D eigenvalue weighted by atomic mass is 16.5. The number of aliphatic hydroxyl groups is 1. The van der Waals surface area contributed by atoms with Crippen LogP contribution in [0.1, 0.15) is 43.4 Å². The second kappa shape index (κ2) is 9.12. The van der Waals surface area contributed by atoms with Gasteiger partial charge in [-0.25, -0.2) is 0 Å². The van der Waals surface area contributed by atoms with Crippen LogP contribution < -0.4 is 4.74 Å². The van der Waals surface area contributed by atoms with Gasteiger partial charge in [0.2, 0.25) is 5.91 Å². The second-order valence-corrected chi connectivity index (χ2v) is 9.60. The van der Waals surface area contributed by atoms with Gasteiger partial charge in [-0.3, -0.25) is 14.8 Å². The summed E-state index contributed by atoms with van der Waals surface area (Å²) < 4.78 is 5.72. The topological polar surface area (TPSA) is 99.3 Å². The van der Waals surface area contributed by atoms with Crippen molar-refractivity contribution in [1.29, 1.82) is 5.26 Å². The SMILES string of the molecule is CC(C)Oc1ccc(-c2cnc(-c3cccc4c3CCC43CC(=O)N(CCO)C3)cn2)cc1C#N. The van der Waals surface area contributed by atoms with Crippen molar-refractivity contribution in [1.82, 2.24) is 14.9 Å². The standard InChI is InChI=1S/C28H28N4O3/c1-18(2)35-26-7-6-19(12-20(26)14-29)24-15-31-25(16-30-24)22-4-3-5-23-21(22)8-9-28(23)13-27(34)32(17-28)10-11-33/h3-7,12,15-16,18,33H,8-11,13,17H2,1-2H3. The van der Waals surface area contributed by atoms with Gasteiger partial charge >= 0.3 is 0 Å². The third-order valence-electron chi connectivity index (χ3n) is 6.99. The summed E-state index contributed by atoms with van der Waals surface area (Å²) >= 11 is 0. The molecule has 1 spiro atoms. The van der Waals surface area contributed by atoms with E-state index in [1.54, 1.807) is 29.4 Å². The summed E-state index contributed by atoms with van der Waals surface area (Å²) in [6.07, 6.45) is 5.79. The van der Waals surface area contributed by atoms with Crippen LogP contribution in [-0.2, 0) is 16.6 Å². The Labute approximate surface area is 205 Å². The molecule has 2 aliphatic rings. The highest BCUT2D eigenvalue weighted by molar-refractivity contribution is 5.82. The first kappa shape index (κ1) is 23.0. The number of β-amino-alcohol motifs (C(OH)–C–C–N with tert-alkyl or cyclic N) is 1. The third-order valence-corrected chi connectivity index (χ3v) is 6.99. The second-order valence-electron chi connectivity index (χ2n) is 9.60. The van der Waals surface area contributed by atoms with E-state index >= 15 is 0 Å². The normalized spacial score (nSPS) is 18.8. The van der Waals surface area contributed by atoms with Crippen LogP contribution in [0.4, 0.5) is 0 Å². The summed E-state index contributed by atoms with van der Waals surface area (Å²) in [7, 11) is 0. The molecule has 1 fully saturated rings. The average Bonchev–Trinajstić information content (AvgIpc) is 3.38. The molecular weight excluding hydrogens is 440 g/mol. The molecule has 1 atom stereocenters. The number of likely N-dealkylation sites (tertiary alicyclic amines) is 1. The predicted molar refractivity (Wildman–Crippen MR) is 132 cm³/mol. The first-order valence-corrected chi connectivity index (χ1v) is 12.0. The molecule has 1 aliphatic carbocycles. The van der Waals surface area contributed by atoms with E-state index in [9.17, 15) is 15.2 Å². The van der Waals surface area contributed by atoms with Crippen LogP contribution >= 0.6 is 0 Å². The number of aromatic nitrogens is 2. The Morgan fingerprint density at radius 2 is 2.00 bits per heavy atom. The van der Waals surface area contributed by atoms with Gasteiger partial charge in [0.1, 0.15) is 11.8 Å². The Morgan fingerprint density at radius 1 is 1.20 bits per heavy atom. The molecule has 7 nitrogen and oxygen atoms in total. The van der Waals surface area contributed by atoms with E-state index in [1.165, 1.54) is 11.1 Å². The van der Waals surface area contributed by atoms with E-state index in [-0.39, 0.29) is 24.0 Å². The molecule has 35 heavy (non-hydrogen) atoms. The molecule has 1 amide bonds. The van der Waals surface area contributed by atoms with E-state index in [4.69, 9.17) is 9.72 Å². The summed E-state index contributed by atoms with van der Waals surface area (Å²) in [5.41, 5.74) is 6.07. The minimum atomic E-state index is -0.182. The number of carbonyl (C=O) groups excluding carboxylic acids is 1. The lowest BCUT2D eigenvalue weighted by atomic mass is 9.80. The summed E-state index contributed by atoms with van der Waals surface area (Å²) in [5.74, 6) is 0.676. The van der Waals surface area contributed by atoms with Gasteiger partial charge in [-0.2, -0.15) is 5.26 Å². The molecule has 5 rings (SSSR count). The van der Waals surface area contributed by atoms with Crippen molar-refractivity contribution in [3.63, 3.8) is 0 Å². The van der Waals surface area contributed by atoms with Crippen LogP contribution in [0.2, 0.25) is 0 Å².